The molecule has 1 heterocycles. The summed E-state index contributed by atoms with van der Waals surface area (Å²) in [4.78, 5) is 12.7. The number of nitrogen functional groups attached to an aromatic ring is 1. The predicted molar refractivity (Wildman–Crippen MR) is 79.0 cm³/mol. The molecule has 1 aromatic carbocycles. The number of carbonyl (C=O) groups excluding carboxylic acids is 1. The second kappa shape index (κ2) is 4.55. The van der Waals surface area contributed by atoms with E-state index < -0.39 is 0 Å². The lowest BCUT2D eigenvalue weighted by Gasteiger charge is -2.02. The summed E-state index contributed by atoms with van der Waals surface area (Å²) in [7, 11) is 0. The largest absolute Gasteiger partial charge is 0.397 e. The fraction of sp³-hybridized carbons (Fsp3) is 0.308. The van der Waals surface area contributed by atoms with Crippen LogP contribution in [-0.4, -0.2) is 12.5 Å². The molecule has 5 heteroatoms. The number of anilines is 1. The minimum Gasteiger partial charge on any atom is -0.397 e. The van der Waals surface area contributed by atoms with Crippen LogP contribution >= 0.6 is 27.3 Å². The van der Waals surface area contributed by atoms with Gasteiger partial charge in [0, 0.05) is 21.1 Å². The first kappa shape index (κ1) is 12.0. The Morgan fingerprint density at radius 2 is 2.28 bits per heavy atom. The van der Waals surface area contributed by atoms with Crippen LogP contribution < -0.4 is 11.1 Å². The lowest BCUT2D eigenvalue weighted by Crippen LogP contribution is -2.25. The van der Waals surface area contributed by atoms with Crippen LogP contribution in [0, 0.1) is 5.92 Å². The van der Waals surface area contributed by atoms with Gasteiger partial charge >= 0.3 is 0 Å². The lowest BCUT2D eigenvalue weighted by molar-refractivity contribution is 0.0956. The van der Waals surface area contributed by atoms with E-state index in [0.717, 1.165) is 21.1 Å². The molecule has 1 fully saturated rings. The molecule has 3 nitrogen and oxygen atoms in total. The van der Waals surface area contributed by atoms with Crippen LogP contribution in [0.4, 0.5) is 5.69 Å². The third kappa shape index (κ3) is 2.24. The predicted octanol–water partition coefficient (Wildman–Crippen LogP) is 3.39. The number of hydrogen-bond donors (Lipinski definition) is 2. The molecule has 1 aliphatic rings. The Labute approximate surface area is 117 Å². The van der Waals surface area contributed by atoms with Crippen molar-refractivity contribution < 1.29 is 4.79 Å². The zero-order valence-corrected chi connectivity index (χ0v) is 12.1. The molecule has 2 aromatic rings. The molecule has 0 aliphatic heterocycles. The highest BCUT2D eigenvalue weighted by atomic mass is 79.9. The molecule has 1 amide bonds. The van der Waals surface area contributed by atoms with Crippen LogP contribution in [0.25, 0.3) is 10.1 Å². The maximum Gasteiger partial charge on any atom is 0.263 e. The summed E-state index contributed by atoms with van der Waals surface area (Å²) in [5, 5.41) is 3.92. The molecule has 0 atom stereocenters. The molecule has 94 valence electrons. The lowest BCUT2D eigenvalue weighted by atomic mass is 10.2. The first-order valence-electron chi connectivity index (χ1n) is 5.91. The number of rotatable bonds is 3. The van der Waals surface area contributed by atoms with Gasteiger partial charge in [0.25, 0.3) is 5.91 Å². The number of halogens is 1. The number of nitrogens with one attached hydrogen (secondary N) is 1. The van der Waals surface area contributed by atoms with Gasteiger partial charge < -0.3 is 11.1 Å². The fourth-order valence-corrected chi connectivity index (χ4v) is 3.49. The number of nitrogens with two attached hydrogens (primary N) is 1. The van der Waals surface area contributed by atoms with E-state index in [0.29, 0.717) is 16.5 Å². The first-order valence-corrected chi connectivity index (χ1v) is 7.52. The summed E-state index contributed by atoms with van der Waals surface area (Å²) in [5.74, 6) is 0.635. The van der Waals surface area contributed by atoms with Crippen molar-refractivity contribution in [1.82, 2.24) is 5.32 Å². The van der Waals surface area contributed by atoms with Gasteiger partial charge in [0.05, 0.1) is 5.69 Å². The first-order chi connectivity index (χ1) is 8.65. The topological polar surface area (TPSA) is 55.1 Å². The Balaban J connectivity index is 1.90. The van der Waals surface area contributed by atoms with Gasteiger partial charge in [-0.15, -0.1) is 11.3 Å². The molecular formula is C13H13BrN2OS. The van der Waals surface area contributed by atoms with Crippen LogP contribution in [0.15, 0.2) is 22.7 Å². The third-order valence-electron chi connectivity index (χ3n) is 3.14. The van der Waals surface area contributed by atoms with E-state index in [-0.39, 0.29) is 5.91 Å². The van der Waals surface area contributed by atoms with Gasteiger partial charge in [0.1, 0.15) is 4.88 Å². The summed E-state index contributed by atoms with van der Waals surface area (Å²) >= 11 is 4.88. The maximum absolute atomic E-state index is 12.1. The standard InChI is InChI=1S/C13H13BrN2OS/c14-8-3-4-9-10(5-8)18-12(11(9)15)13(17)16-6-7-1-2-7/h3-5,7H,1-2,6,15H2,(H,16,17). The summed E-state index contributed by atoms with van der Waals surface area (Å²) in [6, 6.07) is 5.88. The number of carbonyl (C=O) groups is 1. The highest BCUT2D eigenvalue weighted by molar-refractivity contribution is 9.10. The minimum atomic E-state index is -0.0447. The van der Waals surface area contributed by atoms with Crippen molar-refractivity contribution in [3.8, 4) is 0 Å². The second-order valence-electron chi connectivity index (χ2n) is 4.64. The number of benzene rings is 1. The number of thiophene rings is 1. The fourth-order valence-electron chi connectivity index (χ4n) is 1.90. The van der Waals surface area contributed by atoms with E-state index in [1.54, 1.807) is 0 Å². The molecule has 0 unspecified atom stereocenters. The van der Waals surface area contributed by atoms with Crippen LogP contribution in [0.2, 0.25) is 0 Å². The van der Waals surface area contributed by atoms with E-state index in [1.165, 1.54) is 24.2 Å². The summed E-state index contributed by atoms with van der Waals surface area (Å²) in [5.41, 5.74) is 6.64. The van der Waals surface area contributed by atoms with Crippen molar-refractivity contribution in [2.75, 3.05) is 12.3 Å². The third-order valence-corrected chi connectivity index (χ3v) is 4.81. The molecule has 3 rings (SSSR count). The van der Waals surface area contributed by atoms with Gasteiger partial charge in [-0.25, -0.2) is 0 Å². The SMILES string of the molecule is Nc1c(C(=O)NCC2CC2)sc2cc(Br)ccc12. The molecule has 1 saturated carbocycles. The molecule has 0 saturated heterocycles. The van der Waals surface area contributed by atoms with E-state index in [9.17, 15) is 4.79 Å². The number of amides is 1. The molecule has 0 radical (unpaired) electrons. The van der Waals surface area contributed by atoms with Crippen molar-refractivity contribution >= 4 is 48.9 Å². The Kier molecular flexibility index (Phi) is 3.03. The molecule has 3 N–H and O–H groups in total. The smallest absolute Gasteiger partial charge is 0.263 e. The zero-order valence-electron chi connectivity index (χ0n) is 9.70. The van der Waals surface area contributed by atoms with Gasteiger partial charge in [-0.2, -0.15) is 0 Å². The van der Waals surface area contributed by atoms with E-state index in [4.69, 9.17) is 5.73 Å². The number of fused-ring (bicyclic) bond motifs is 1. The molecule has 1 aliphatic carbocycles. The van der Waals surface area contributed by atoms with Crippen molar-refractivity contribution in [3.05, 3.63) is 27.5 Å². The maximum atomic E-state index is 12.1. The summed E-state index contributed by atoms with van der Waals surface area (Å²) in [6.07, 6.45) is 2.46. The molecule has 1 aromatic heterocycles. The highest BCUT2D eigenvalue weighted by Crippen LogP contribution is 2.35. The van der Waals surface area contributed by atoms with Crippen molar-refractivity contribution in [3.63, 3.8) is 0 Å². The molecule has 0 bridgehead atoms. The zero-order chi connectivity index (χ0) is 12.7. The average Bonchev–Trinajstić information content (AvgIpc) is 3.11. The second-order valence-corrected chi connectivity index (χ2v) is 6.61. The van der Waals surface area contributed by atoms with Gasteiger partial charge in [-0.05, 0) is 30.9 Å². The van der Waals surface area contributed by atoms with Crippen molar-refractivity contribution in [1.29, 1.82) is 0 Å². The Morgan fingerprint density at radius 3 is 3.00 bits per heavy atom. The monoisotopic (exact) mass is 324 g/mol. The van der Waals surface area contributed by atoms with Crippen LogP contribution in [0.3, 0.4) is 0 Å². The van der Waals surface area contributed by atoms with E-state index in [2.05, 4.69) is 21.2 Å². The molecular weight excluding hydrogens is 312 g/mol. The summed E-state index contributed by atoms with van der Waals surface area (Å²) < 4.78 is 2.04. The Morgan fingerprint density at radius 1 is 1.50 bits per heavy atom. The molecule has 0 spiro atoms. The Bertz CT molecular complexity index is 619. The highest BCUT2D eigenvalue weighted by Gasteiger charge is 2.23. The Hall–Kier alpha value is -1.07. The average molecular weight is 325 g/mol. The van der Waals surface area contributed by atoms with E-state index >= 15 is 0 Å². The van der Waals surface area contributed by atoms with Crippen molar-refractivity contribution in [2.24, 2.45) is 5.92 Å². The van der Waals surface area contributed by atoms with Crippen molar-refractivity contribution in [2.45, 2.75) is 12.8 Å². The quantitative estimate of drug-likeness (QED) is 0.909. The number of hydrogen-bond acceptors (Lipinski definition) is 3. The summed E-state index contributed by atoms with van der Waals surface area (Å²) in [6.45, 7) is 0.774. The van der Waals surface area contributed by atoms with Gasteiger partial charge in [0.2, 0.25) is 0 Å². The van der Waals surface area contributed by atoms with Crippen LogP contribution in [-0.2, 0) is 0 Å². The van der Waals surface area contributed by atoms with Gasteiger partial charge in [0.15, 0.2) is 0 Å². The molecule has 18 heavy (non-hydrogen) atoms. The van der Waals surface area contributed by atoms with Crippen LogP contribution in [0.5, 0.6) is 0 Å². The van der Waals surface area contributed by atoms with Gasteiger partial charge in [-0.3, -0.25) is 4.79 Å². The van der Waals surface area contributed by atoms with E-state index in [1.807, 2.05) is 18.2 Å². The van der Waals surface area contributed by atoms with Gasteiger partial charge in [-0.1, -0.05) is 22.0 Å². The normalized spacial score (nSPS) is 14.9. The minimum absolute atomic E-state index is 0.0447. The van der Waals surface area contributed by atoms with Crippen LogP contribution in [0.1, 0.15) is 22.5 Å².